The minimum Gasteiger partial charge on any atom is -0.550 e. The number of carboxylic acid groups (broad SMARTS) is 1. The van der Waals surface area contributed by atoms with Crippen molar-refractivity contribution in [3.63, 3.8) is 0 Å². The van der Waals surface area contributed by atoms with Gasteiger partial charge in [-0.1, -0.05) is 0 Å². The van der Waals surface area contributed by atoms with Gasteiger partial charge in [-0.25, -0.2) is 0 Å². The Hall–Kier alpha value is -0.230. The number of aliphatic carboxylic acids is 1. The maximum atomic E-state index is 10.5. The SMILES string of the molecule is O=C([O-])C(CCP(=O)(O)O)CP(=O)(O)O. The Bertz CT molecular complexity index is 313. The largest absolute Gasteiger partial charge is 0.550 e. The molecule has 15 heavy (non-hydrogen) atoms. The Labute approximate surface area is 85.3 Å². The molecule has 10 heteroatoms. The van der Waals surface area contributed by atoms with Crippen LogP contribution in [-0.4, -0.2) is 37.9 Å². The van der Waals surface area contributed by atoms with Crippen molar-refractivity contribution < 1.29 is 38.6 Å². The quantitative estimate of drug-likeness (QED) is 0.404. The smallest absolute Gasteiger partial charge is 0.326 e. The van der Waals surface area contributed by atoms with Gasteiger partial charge in [-0.05, 0) is 6.42 Å². The van der Waals surface area contributed by atoms with Crippen molar-refractivity contribution in [2.45, 2.75) is 6.42 Å². The van der Waals surface area contributed by atoms with E-state index in [0.29, 0.717) is 0 Å². The number of hydrogen-bond acceptors (Lipinski definition) is 4. The molecule has 0 aromatic carbocycles. The van der Waals surface area contributed by atoms with Crippen molar-refractivity contribution in [1.29, 1.82) is 0 Å². The van der Waals surface area contributed by atoms with Gasteiger partial charge < -0.3 is 29.5 Å². The van der Waals surface area contributed by atoms with E-state index < -0.39 is 45.8 Å². The molecule has 90 valence electrons. The molecule has 0 bridgehead atoms. The Balaban J connectivity index is 4.38. The van der Waals surface area contributed by atoms with Gasteiger partial charge in [0.1, 0.15) is 0 Å². The molecule has 0 amide bonds. The lowest BCUT2D eigenvalue weighted by molar-refractivity contribution is -0.310. The predicted molar refractivity (Wildman–Crippen MR) is 46.9 cm³/mol. The third-order valence-electron chi connectivity index (χ3n) is 1.56. The maximum Gasteiger partial charge on any atom is 0.326 e. The van der Waals surface area contributed by atoms with E-state index in [1.165, 1.54) is 0 Å². The molecule has 0 aromatic rings. The van der Waals surface area contributed by atoms with Crippen LogP contribution in [0.5, 0.6) is 0 Å². The lowest BCUT2D eigenvalue weighted by Crippen LogP contribution is -2.34. The van der Waals surface area contributed by atoms with E-state index in [9.17, 15) is 19.0 Å². The van der Waals surface area contributed by atoms with Gasteiger partial charge in [-0.15, -0.1) is 0 Å². The first-order valence-electron chi connectivity index (χ1n) is 3.81. The van der Waals surface area contributed by atoms with Gasteiger partial charge in [0.2, 0.25) is 0 Å². The van der Waals surface area contributed by atoms with E-state index in [1.54, 1.807) is 0 Å². The Morgan fingerprint density at radius 3 is 1.87 bits per heavy atom. The van der Waals surface area contributed by atoms with Gasteiger partial charge in [0, 0.05) is 11.9 Å². The molecule has 0 fully saturated rings. The Morgan fingerprint density at radius 2 is 1.60 bits per heavy atom. The first-order chi connectivity index (χ1) is 6.51. The minimum atomic E-state index is -4.53. The Morgan fingerprint density at radius 1 is 1.13 bits per heavy atom. The van der Waals surface area contributed by atoms with Crippen LogP contribution in [0.15, 0.2) is 0 Å². The van der Waals surface area contributed by atoms with Crippen molar-refractivity contribution in [2.24, 2.45) is 5.92 Å². The number of rotatable bonds is 6. The Kier molecular flexibility index (Phi) is 5.13. The summed E-state index contributed by atoms with van der Waals surface area (Å²) in [7, 11) is -8.90. The second kappa shape index (κ2) is 5.21. The van der Waals surface area contributed by atoms with Gasteiger partial charge in [0.25, 0.3) is 0 Å². The van der Waals surface area contributed by atoms with Crippen LogP contribution in [0, 0.1) is 5.92 Å². The van der Waals surface area contributed by atoms with Crippen LogP contribution >= 0.6 is 15.2 Å². The number of carbonyl (C=O) groups is 1. The van der Waals surface area contributed by atoms with E-state index in [1.807, 2.05) is 0 Å². The predicted octanol–water partition coefficient (Wildman–Crippen LogP) is -1.90. The molecular formula is C5H11O8P2-. The number of carboxylic acids is 1. The average Bonchev–Trinajstić information content (AvgIpc) is 1.93. The molecule has 0 spiro atoms. The molecule has 0 rings (SSSR count). The van der Waals surface area contributed by atoms with Crippen molar-refractivity contribution in [2.75, 3.05) is 12.3 Å². The van der Waals surface area contributed by atoms with Crippen LogP contribution in [0.1, 0.15) is 6.42 Å². The van der Waals surface area contributed by atoms with Crippen molar-refractivity contribution in [3.05, 3.63) is 0 Å². The second-order valence-corrected chi connectivity index (χ2v) is 6.51. The summed E-state index contributed by atoms with van der Waals surface area (Å²) < 4.78 is 20.9. The van der Waals surface area contributed by atoms with E-state index in [0.717, 1.165) is 0 Å². The van der Waals surface area contributed by atoms with E-state index in [-0.39, 0.29) is 0 Å². The van der Waals surface area contributed by atoms with Gasteiger partial charge in [-0.2, -0.15) is 0 Å². The molecule has 1 atom stereocenters. The molecule has 4 N–H and O–H groups in total. The van der Waals surface area contributed by atoms with Crippen molar-refractivity contribution >= 4 is 21.2 Å². The average molecular weight is 261 g/mol. The molecule has 1 unspecified atom stereocenters. The molecule has 8 nitrogen and oxygen atoms in total. The summed E-state index contributed by atoms with van der Waals surface area (Å²) in [5.41, 5.74) is 0. The van der Waals surface area contributed by atoms with Crippen LogP contribution in [0.2, 0.25) is 0 Å². The highest BCUT2D eigenvalue weighted by Gasteiger charge is 2.25. The monoisotopic (exact) mass is 261 g/mol. The first-order valence-corrected chi connectivity index (χ1v) is 7.41. The first kappa shape index (κ1) is 14.8. The fourth-order valence-electron chi connectivity index (χ4n) is 0.895. The molecule has 0 aromatic heterocycles. The third-order valence-corrected chi connectivity index (χ3v) is 3.32. The lowest BCUT2D eigenvalue weighted by atomic mass is 10.1. The summed E-state index contributed by atoms with van der Waals surface area (Å²) in [6, 6.07) is 0. The van der Waals surface area contributed by atoms with Crippen LogP contribution in [0.4, 0.5) is 0 Å². The maximum absolute atomic E-state index is 10.5. The summed E-state index contributed by atoms with van der Waals surface area (Å²) in [4.78, 5) is 44.3. The third kappa shape index (κ3) is 8.74. The minimum absolute atomic E-state index is 0.530. The highest BCUT2D eigenvalue weighted by Crippen LogP contribution is 2.41. The summed E-state index contributed by atoms with van der Waals surface area (Å²) in [5, 5.41) is 10.4. The zero-order valence-corrected chi connectivity index (χ0v) is 9.30. The molecule has 0 radical (unpaired) electrons. The highest BCUT2D eigenvalue weighted by molar-refractivity contribution is 7.52. The summed E-state index contributed by atoms with van der Waals surface area (Å²) >= 11 is 0. The number of carbonyl (C=O) groups excluding carboxylic acids is 1. The molecule has 0 heterocycles. The molecule has 0 saturated carbocycles. The summed E-state index contributed by atoms with van der Waals surface area (Å²) in [6.07, 6.45) is -2.25. The molecule has 0 saturated heterocycles. The topological polar surface area (TPSA) is 155 Å². The van der Waals surface area contributed by atoms with E-state index in [2.05, 4.69) is 0 Å². The van der Waals surface area contributed by atoms with Crippen LogP contribution in [-0.2, 0) is 13.9 Å². The van der Waals surface area contributed by atoms with Crippen LogP contribution < -0.4 is 5.11 Å². The van der Waals surface area contributed by atoms with Crippen LogP contribution in [0.3, 0.4) is 0 Å². The zero-order chi connectivity index (χ0) is 12.3. The normalized spacial score (nSPS) is 14.9. The standard InChI is InChI=1S/C5H12O8P2/c6-5(7)4(3-15(11,12)13)1-2-14(8,9)10/h4H,1-3H2,(H,6,7)(H2,8,9,10)(H2,11,12,13)/p-1. The van der Waals surface area contributed by atoms with Gasteiger partial charge in [0.15, 0.2) is 0 Å². The van der Waals surface area contributed by atoms with Crippen molar-refractivity contribution in [3.8, 4) is 0 Å². The van der Waals surface area contributed by atoms with Crippen molar-refractivity contribution in [1.82, 2.24) is 0 Å². The number of hydrogen-bond donors (Lipinski definition) is 4. The fourth-order valence-corrected chi connectivity index (χ4v) is 2.45. The molecular weight excluding hydrogens is 250 g/mol. The second-order valence-electron chi connectivity index (χ2n) is 3.04. The molecule has 0 aliphatic rings. The van der Waals surface area contributed by atoms with Gasteiger partial charge in [-0.3, -0.25) is 9.13 Å². The van der Waals surface area contributed by atoms with Crippen LogP contribution in [0.25, 0.3) is 0 Å². The summed E-state index contributed by atoms with van der Waals surface area (Å²) in [5.74, 6) is -3.29. The van der Waals surface area contributed by atoms with Gasteiger partial charge >= 0.3 is 15.2 Å². The molecule has 0 aliphatic heterocycles. The fraction of sp³-hybridized carbons (Fsp3) is 0.800. The van der Waals surface area contributed by atoms with E-state index >= 15 is 0 Å². The summed E-state index contributed by atoms with van der Waals surface area (Å²) in [6.45, 7) is 0. The van der Waals surface area contributed by atoms with E-state index in [4.69, 9.17) is 19.6 Å². The van der Waals surface area contributed by atoms with Gasteiger partial charge in [0.05, 0.1) is 12.3 Å². The highest BCUT2D eigenvalue weighted by atomic mass is 31.2. The zero-order valence-electron chi connectivity index (χ0n) is 7.51. The molecule has 0 aliphatic carbocycles. The lowest BCUT2D eigenvalue weighted by Gasteiger charge is -2.18.